The van der Waals surface area contributed by atoms with E-state index in [9.17, 15) is 13.2 Å². The van der Waals surface area contributed by atoms with E-state index in [1.807, 2.05) is 32.0 Å². The number of hydrogen-bond acceptors (Lipinski definition) is 7. The zero-order valence-corrected chi connectivity index (χ0v) is 23.2. The Bertz CT molecular complexity index is 954. The summed E-state index contributed by atoms with van der Waals surface area (Å²) in [6.45, 7) is 10.8. The van der Waals surface area contributed by atoms with E-state index in [0.29, 0.717) is 45.0 Å². The van der Waals surface area contributed by atoms with Crippen LogP contribution in [-0.2, 0) is 19.6 Å². The molecule has 0 aromatic heterocycles. The molecule has 0 aliphatic carbocycles. The van der Waals surface area contributed by atoms with Crippen LogP contribution in [0.1, 0.15) is 77.7 Å². The third kappa shape index (κ3) is 6.92. The first-order chi connectivity index (χ1) is 17.4. The summed E-state index contributed by atoms with van der Waals surface area (Å²) in [4.78, 5) is 15.5. The zero-order chi connectivity index (χ0) is 26.1. The first kappa shape index (κ1) is 28.7. The van der Waals surface area contributed by atoms with Crippen molar-refractivity contribution < 1.29 is 27.4 Å². The maximum Gasteiger partial charge on any atom is 0.311 e. The molecular formula is C27H44N2O6S. The minimum absolute atomic E-state index is 0.00394. The van der Waals surface area contributed by atoms with Gasteiger partial charge >= 0.3 is 5.97 Å². The fraction of sp³-hybridized carbons (Fsp3) is 0.741. The highest BCUT2D eigenvalue weighted by molar-refractivity contribution is 7.89. The monoisotopic (exact) mass is 524 g/mol. The Hall–Kier alpha value is -1.84. The van der Waals surface area contributed by atoms with E-state index in [1.165, 1.54) is 0 Å². The normalized spacial score (nSPS) is 21.9. The fourth-order valence-electron chi connectivity index (χ4n) is 5.47. The van der Waals surface area contributed by atoms with Crippen molar-refractivity contribution in [2.75, 3.05) is 45.3 Å². The SMILES string of the molecule is CCCCCS(=O)(=O)N(CCC)CCN1CC(c2ccc3c(c2)OCO3)C(C(=O)OCC)C1CCC. The van der Waals surface area contributed by atoms with Gasteiger partial charge in [-0.15, -0.1) is 0 Å². The number of unbranched alkanes of at least 4 members (excludes halogenated alkanes) is 2. The smallest absolute Gasteiger partial charge is 0.311 e. The fourth-order valence-corrected chi connectivity index (χ4v) is 7.12. The molecule has 0 radical (unpaired) electrons. The van der Waals surface area contributed by atoms with Crippen molar-refractivity contribution in [3.05, 3.63) is 23.8 Å². The minimum atomic E-state index is -3.30. The van der Waals surface area contributed by atoms with Crippen molar-refractivity contribution in [2.24, 2.45) is 5.92 Å². The summed E-state index contributed by atoms with van der Waals surface area (Å²) in [6, 6.07) is 5.89. The maximum atomic E-state index is 13.2. The Morgan fingerprint density at radius 1 is 1.06 bits per heavy atom. The van der Waals surface area contributed by atoms with E-state index in [1.54, 1.807) is 4.31 Å². The predicted octanol–water partition coefficient (Wildman–Crippen LogP) is 4.39. The van der Waals surface area contributed by atoms with Crippen molar-refractivity contribution in [3.8, 4) is 11.5 Å². The Labute approximate surface area is 217 Å². The largest absolute Gasteiger partial charge is 0.466 e. The van der Waals surface area contributed by atoms with E-state index in [2.05, 4.69) is 18.7 Å². The lowest BCUT2D eigenvalue weighted by atomic mass is 9.83. The molecule has 1 saturated heterocycles. The van der Waals surface area contributed by atoms with Gasteiger partial charge in [0.2, 0.25) is 16.8 Å². The van der Waals surface area contributed by atoms with Crippen LogP contribution < -0.4 is 9.47 Å². The lowest BCUT2D eigenvalue weighted by Gasteiger charge is -2.30. The van der Waals surface area contributed by atoms with E-state index < -0.39 is 10.0 Å². The van der Waals surface area contributed by atoms with Crippen molar-refractivity contribution in [3.63, 3.8) is 0 Å². The number of carbonyl (C=O) groups is 1. The van der Waals surface area contributed by atoms with Gasteiger partial charge in [0, 0.05) is 38.1 Å². The summed E-state index contributed by atoms with van der Waals surface area (Å²) in [5.74, 6) is 1.06. The third-order valence-electron chi connectivity index (χ3n) is 7.23. The molecule has 36 heavy (non-hydrogen) atoms. The molecule has 204 valence electrons. The number of hydrogen-bond donors (Lipinski definition) is 0. The number of benzene rings is 1. The number of esters is 1. The van der Waals surface area contributed by atoms with Crippen LogP contribution in [0.4, 0.5) is 0 Å². The van der Waals surface area contributed by atoms with Gasteiger partial charge in [0.05, 0.1) is 18.3 Å². The Morgan fingerprint density at radius 3 is 2.53 bits per heavy atom. The molecule has 0 saturated carbocycles. The second-order valence-corrected chi connectivity index (χ2v) is 11.9. The predicted molar refractivity (Wildman–Crippen MR) is 141 cm³/mol. The number of likely N-dealkylation sites (tertiary alicyclic amines) is 1. The second kappa shape index (κ2) is 13.6. The molecule has 0 N–H and O–H groups in total. The molecule has 1 aromatic carbocycles. The number of sulfonamides is 1. The van der Waals surface area contributed by atoms with Crippen LogP contribution in [0.15, 0.2) is 18.2 Å². The minimum Gasteiger partial charge on any atom is -0.466 e. The third-order valence-corrected chi connectivity index (χ3v) is 9.18. The quantitative estimate of drug-likeness (QED) is 0.248. The highest BCUT2D eigenvalue weighted by Gasteiger charge is 2.47. The highest BCUT2D eigenvalue weighted by atomic mass is 32.2. The molecule has 3 atom stereocenters. The van der Waals surface area contributed by atoms with Gasteiger partial charge in [0.25, 0.3) is 0 Å². The van der Waals surface area contributed by atoms with Crippen LogP contribution in [0.5, 0.6) is 11.5 Å². The molecular weight excluding hydrogens is 480 g/mol. The Morgan fingerprint density at radius 2 is 1.83 bits per heavy atom. The molecule has 3 unspecified atom stereocenters. The molecule has 1 fully saturated rings. The van der Waals surface area contributed by atoms with Gasteiger partial charge in [-0.1, -0.05) is 46.1 Å². The average molecular weight is 525 g/mol. The van der Waals surface area contributed by atoms with Crippen LogP contribution in [0.25, 0.3) is 0 Å². The second-order valence-electron chi connectivity index (χ2n) is 9.77. The van der Waals surface area contributed by atoms with Crippen molar-refractivity contribution in [1.29, 1.82) is 0 Å². The summed E-state index contributed by atoms with van der Waals surface area (Å²) in [7, 11) is -3.30. The molecule has 0 spiro atoms. The van der Waals surface area contributed by atoms with Gasteiger partial charge in [-0.3, -0.25) is 9.69 Å². The maximum absolute atomic E-state index is 13.2. The summed E-state index contributed by atoms with van der Waals surface area (Å²) < 4.78 is 44.4. The number of ether oxygens (including phenoxy) is 3. The summed E-state index contributed by atoms with van der Waals surface area (Å²) in [5.41, 5.74) is 1.03. The van der Waals surface area contributed by atoms with Gasteiger partial charge < -0.3 is 14.2 Å². The van der Waals surface area contributed by atoms with Crippen molar-refractivity contribution in [1.82, 2.24) is 9.21 Å². The van der Waals surface area contributed by atoms with Gasteiger partial charge in [-0.05, 0) is 43.9 Å². The summed E-state index contributed by atoms with van der Waals surface area (Å²) in [5, 5.41) is 0. The average Bonchev–Trinajstić information content (AvgIpc) is 3.46. The van der Waals surface area contributed by atoms with Gasteiger partial charge in [0.15, 0.2) is 11.5 Å². The van der Waals surface area contributed by atoms with Gasteiger partial charge in [0.1, 0.15) is 0 Å². The molecule has 0 amide bonds. The lowest BCUT2D eigenvalue weighted by molar-refractivity contribution is -0.149. The molecule has 2 aliphatic rings. The number of rotatable bonds is 15. The van der Waals surface area contributed by atoms with Crippen molar-refractivity contribution >= 4 is 16.0 Å². The first-order valence-electron chi connectivity index (χ1n) is 13.6. The summed E-state index contributed by atoms with van der Waals surface area (Å²) >= 11 is 0. The standard InChI is InChI=1S/C27H44N2O6S/c1-5-9-10-17-36(31,32)29(14-7-3)16-15-28-19-22(21-12-13-24-25(18-21)35-20-34-24)26(23(28)11-6-2)27(30)33-8-4/h12-13,18,22-23,26H,5-11,14-17,19-20H2,1-4H3. The topological polar surface area (TPSA) is 85.4 Å². The molecule has 2 aliphatic heterocycles. The van der Waals surface area contributed by atoms with Crippen LogP contribution in [0, 0.1) is 5.92 Å². The highest BCUT2D eigenvalue weighted by Crippen LogP contribution is 2.43. The molecule has 8 nitrogen and oxygen atoms in total. The van der Waals surface area contributed by atoms with E-state index in [0.717, 1.165) is 43.4 Å². The molecule has 2 heterocycles. The first-order valence-corrected chi connectivity index (χ1v) is 15.2. The van der Waals surface area contributed by atoms with Gasteiger partial charge in [-0.25, -0.2) is 12.7 Å². The molecule has 9 heteroatoms. The Kier molecular flexibility index (Phi) is 10.9. The molecule has 1 aromatic rings. The van der Waals surface area contributed by atoms with E-state index in [4.69, 9.17) is 14.2 Å². The Balaban J connectivity index is 1.83. The number of fused-ring (bicyclic) bond motifs is 1. The van der Waals surface area contributed by atoms with E-state index >= 15 is 0 Å². The van der Waals surface area contributed by atoms with E-state index in [-0.39, 0.29) is 36.4 Å². The summed E-state index contributed by atoms with van der Waals surface area (Å²) in [6.07, 6.45) is 5.16. The lowest BCUT2D eigenvalue weighted by Crippen LogP contribution is -2.43. The number of nitrogens with zero attached hydrogens (tertiary/aromatic N) is 2. The van der Waals surface area contributed by atoms with Crippen LogP contribution in [0.3, 0.4) is 0 Å². The van der Waals surface area contributed by atoms with Crippen LogP contribution >= 0.6 is 0 Å². The van der Waals surface area contributed by atoms with Crippen LogP contribution in [-0.4, -0.2) is 75.0 Å². The zero-order valence-electron chi connectivity index (χ0n) is 22.4. The molecule has 3 rings (SSSR count). The van der Waals surface area contributed by atoms with Gasteiger partial charge in [-0.2, -0.15) is 0 Å². The van der Waals surface area contributed by atoms with Crippen molar-refractivity contribution in [2.45, 2.75) is 78.2 Å². The van der Waals surface area contributed by atoms with Crippen LogP contribution in [0.2, 0.25) is 0 Å². The number of carbonyl (C=O) groups excluding carboxylic acids is 1. The molecule has 0 bridgehead atoms.